The van der Waals surface area contributed by atoms with Crippen LogP contribution < -0.4 is 0 Å². The molecule has 1 fully saturated rings. The molecular formula is C25H31N5OS. The van der Waals surface area contributed by atoms with E-state index in [-0.39, 0.29) is 5.91 Å². The molecule has 1 unspecified atom stereocenters. The Bertz CT molecular complexity index is 1080. The van der Waals surface area contributed by atoms with E-state index in [0.717, 1.165) is 73.6 Å². The van der Waals surface area contributed by atoms with E-state index in [0.29, 0.717) is 11.7 Å². The summed E-state index contributed by atoms with van der Waals surface area (Å²) in [6.07, 6.45) is 6.35. The number of aryl methyl sites for hydroxylation is 1. The molecule has 1 aromatic carbocycles. The quantitative estimate of drug-likeness (QED) is 0.587. The third-order valence-corrected chi connectivity index (χ3v) is 7.74. The van der Waals surface area contributed by atoms with Gasteiger partial charge in [-0.25, -0.2) is 4.98 Å². The van der Waals surface area contributed by atoms with Gasteiger partial charge in [0.1, 0.15) is 5.01 Å². The summed E-state index contributed by atoms with van der Waals surface area (Å²) in [6.45, 7) is 2.55. The molecule has 0 radical (unpaired) electrons. The van der Waals surface area contributed by atoms with Crippen molar-refractivity contribution in [3.05, 3.63) is 57.7 Å². The number of benzene rings is 1. The molecule has 1 amide bonds. The Labute approximate surface area is 193 Å². The van der Waals surface area contributed by atoms with E-state index in [2.05, 4.69) is 46.7 Å². The highest BCUT2D eigenvalue weighted by atomic mass is 32.1. The fraction of sp³-hybridized carbons (Fsp3) is 0.480. The van der Waals surface area contributed by atoms with Crippen LogP contribution in [0.5, 0.6) is 0 Å². The first-order valence-corrected chi connectivity index (χ1v) is 12.5. The van der Waals surface area contributed by atoms with Crippen molar-refractivity contribution in [1.82, 2.24) is 24.6 Å². The van der Waals surface area contributed by atoms with E-state index >= 15 is 0 Å². The number of likely N-dealkylation sites (N-methyl/N-ethyl adjacent to an activating group) is 1. The van der Waals surface area contributed by atoms with Crippen LogP contribution in [0.2, 0.25) is 0 Å². The van der Waals surface area contributed by atoms with Crippen LogP contribution in [-0.4, -0.2) is 56.7 Å². The number of amides is 1. The third-order valence-electron chi connectivity index (χ3n) is 6.90. The molecule has 0 bridgehead atoms. The maximum absolute atomic E-state index is 13.2. The fourth-order valence-electron chi connectivity index (χ4n) is 5.03. The highest BCUT2D eigenvalue weighted by Gasteiger charge is 2.32. The van der Waals surface area contributed by atoms with E-state index in [1.807, 2.05) is 22.7 Å². The molecule has 168 valence electrons. The van der Waals surface area contributed by atoms with Gasteiger partial charge < -0.3 is 4.90 Å². The minimum Gasteiger partial charge on any atom is -0.337 e. The molecule has 0 N–H and O–H groups in total. The van der Waals surface area contributed by atoms with Gasteiger partial charge >= 0.3 is 0 Å². The zero-order valence-electron chi connectivity index (χ0n) is 19.0. The molecule has 1 aliphatic carbocycles. The topological polar surface area (TPSA) is 54.3 Å². The van der Waals surface area contributed by atoms with Gasteiger partial charge in [0.15, 0.2) is 5.69 Å². The van der Waals surface area contributed by atoms with Gasteiger partial charge in [0.25, 0.3) is 5.91 Å². The van der Waals surface area contributed by atoms with Gasteiger partial charge in [-0.3, -0.25) is 14.4 Å². The Balaban J connectivity index is 1.29. The average molecular weight is 450 g/mol. The number of thiazole rings is 1. The second-order valence-corrected chi connectivity index (χ2v) is 10.00. The second kappa shape index (κ2) is 9.16. The largest absolute Gasteiger partial charge is 0.337 e. The van der Waals surface area contributed by atoms with Crippen molar-refractivity contribution in [2.24, 2.45) is 7.05 Å². The van der Waals surface area contributed by atoms with Crippen molar-refractivity contribution in [3.8, 4) is 11.3 Å². The van der Waals surface area contributed by atoms with Crippen molar-refractivity contribution in [3.63, 3.8) is 0 Å². The minimum atomic E-state index is 0.122. The van der Waals surface area contributed by atoms with E-state index in [9.17, 15) is 4.79 Å². The normalized spacial score (nSPS) is 18.7. The molecule has 1 atom stereocenters. The zero-order valence-corrected chi connectivity index (χ0v) is 19.8. The van der Waals surface area contributed by atoms with Crippen LogP contribution >= 0.6 is 11.3 Å². The lowest BCUT2D eigenvalue weighted by molar-refractivity contribution is 0.0715. The molecule has 0 saturated carbocycles. The molecule has 1 saturated heterocycles. The van der Waals surface area contributed by atoms with Gasteiger partial charge in [-0.2, -0.15) is 5.10 Å². The maximum Gasteiger partial charge on any atom is 0.274 e. The Morgan fingerprint density at radius 2 is 1.97 bits per heavy atom. The van der Waals surface area contributed by atoms with E-state index < -0.39 is 0 Å². The van der Waals surface area contributed by atoms with Gasteiger partial charge in [0.2, 0.25) is 0 Å². The molecule has 2 aromatic heterocycles. The molecule has 0 spiro atoms. The number of nitrogens with zero attached hydrogens (tertiary/aromatic N) is 5. The standard InChI is InChI=1S/C25H31N5OS/c1-28(16-23-26-21(17-32-23)18-9-5-3-6-10-18)19-11-12-22-20(15-19)24(27-29(22)2)25(31)30-13-7-4-8-14-30/h3,5-6,9-10,17,19H,4,7-8,11-16H2,1-2H3. The smallest absolute Gasteiger partial charge is 0.274 e. The zero-order chi connectivity index (χ0) is 22.1. The fourth-order valence-corrected chi connectivity index (χ4v) is 5.90. The SMILES string of the molecule is CN(Cc1nc(-c2ccccc2)cs1)C1CCc2c(c(C(=O)N3CCCCC3)nn2C)C1. The highest BCUT2D eigenvalue weighted by Crippen LogP contribution is 2.29. The summed E-state index contributed by atoms with van der Waals surface area (Å²) in [5.41, 5.74) is 5.29. The lowest BCUT2D eigenvalue weighted by Gasteiger charge is -2.31. The first-order valence-electron chi connectivity index (χ1n) is 11.6. The number of aromatic nitrogens is 3. The van der Waals surface area contributed by atoms with Crippen molar-refractivity contribution in [2.75, 3.05) is 20.1 Å². The number of piperidine rings is 1. The first-order chi connectivity index (χ1) is 15.6. The second-order valence-electron chi connectivity index (χ2n) is 9.05. The van der Waals surface area contributed by atoms with E-state index in [4.69, 9.17) is 4.98 Å². The summed E-state index contributed by atoms with van der Waals surface area (Å²) in [5.74, 6) is 0.122. The van der Waals surface area contributed by atoms with Gasteiger partial charge in [-0.1, -0.05) is 30.3 Å². The Morgan fingerprint density at radius 3 is 2.75 bits per heavy atom. The number of rotatable bonds is 5. The predicted molar refractivity (Wildman–Crippen MR) is 128 cm³/mol. The molecule has 3 heterocycles. The summed E-state index contributed by atoms with van der Waals surface area (Å²) in [4.78, 5) is 22.5. The first kappa shape index (κ1) is 21.3. The van der Waals surface area contributed by atoms with E-state index in [1.54, 1.807) is 11.3 Å². The van der Waals surface area contributed by atoms with Gasteiger partial charge in [0, 0.05) is 48.4 Å². The monoisotopic (exact) mass is 449 g/mol. The molecule has 2 aliphatic rings. The molecule has 3 aromatic rings. The van der Waals surface area contributed by atoms with Crippen LogP contribution in [0.15, 0.2) is 35.7 Å². The number of fused-ring (bicyclic) bond motifs is 1. The van der Waals surface area contributed by atoms with Gasteiger partial charge in [-0.15, -0.1) is 11.3 Å². The van der Waals surface area contributed by atoms with Gasteiger partial charge in [0.05, 0.1) is 12.2 Å². The molecule has 7 heteroatoms. The lowest BCUT2D eigenvalue weighted by Crippen LogP contribution is -2.38. The van der Waals surface area contributed by atoms with Crippen molar-refractivity contribution < 1.29 is 4.79 Å². The number of carbonyl (C=O) groups excluding carboxylic acids is 1. The summed E-state index contributed by atoms with van der Waals surface area (Å²) in [7, 11) is 4.16. The minimum absolute atomic E-state index is 0.122. The van der Waals surface area contributed by atoms with Crippen molar-refractivity contribution in [1.29, 1.82) is 0 Å². The number of carbonyl (C=O) groups is 1. The van der Waals surface area contributed by atoms with Crippen LogP contribution in [-0.2, 0) is 26.4 Å². The van der Waals surface area contributed by atoms with Crippen LogP contribution in [0.4, 0.5) is 0 Å². The van der Waals surface area contributed by atoms with Crippen molar-refractivity contribution >= 4 is 17.2 Å². The number of hydrogen-bond donors (Lipinski definition) is 0. The Hall–Kier alpha value is -2.51. The molecule has 6 nitrogen and oxygen atoms in total. The van der Waals surface area contributed by atoms with Crippen LogP contribution in [0.3, 0.4) is 0 Å². The Morgan fingerprint density at radius 1 is 1.19 bits per heavy atom. The van der Waals surface area contributed by atoms with Crippen LogP contribution in [0, 0.1) is 0 Å². The molecule has 32 heavy (non-hydrogen) atoms. The number of likely N-dealkylation sites (tertiary alicyclic amines) is 1. The van der Waals surface area contributed by atoms with Crippen LogP contribution in [0.25, 0.3) is 11.3 Å². The van der Waals surface area contributed by atoms with Gasteiger partial charge in [-0.05, 0) is 45.6 Å². The summed E-state index contributed by atoms with van der Waals surface area (Å²) >= 11 is 1.72. The highest BCUT2D eigenvalue weighted by molar-refractivity contribution is 7.09. The summed E-state index contributed by atoms with van der Waals surface area (Å²) < 4.78 is 1.94. The summed E-state index contributed by atoms with van der Waals surface area (Å²) in [6, 6.07) is 10.7. The average Bonchev–Trinajstić information content (AvgIpc) is 3.44. The maximum atomic E-state index is 13.2. The molecular weight excluding hydrogens is 418 g/mol. The van der Waals surface area contributed by atoms with E-state index in [1.165, 1.54) is 12.1 Å². The Kier molecular flexibility index (Phi) is 6.11. The lowest BCUT2D eigenvalue weighted by atomic mass is 9.90. The van der Waals surface area contributed by atoms with Crippen molar-refractivity contribution in [2.45, 2.75) is 51.1 Å². The summed E-state index contributed by atoms with van der Waals surface area (Å²) in [5, 5.41) is 7.96. The van der Waals surface area contributed by atoms with Crippen LogP contribution in [0.1, 0.15) is 52.4 Å². The molecule has 1 aliphatic heterocycles. The number of hydrogen-bond acceptors (Lipinski definition) is 5. The molecule has 5 rings (SSSR count). The third kappa shape index (κ3) is 4.24. The predicted octanol–water partition coefficient (Wildman–Crippen LogP) is 4.16.